The zero-order chi connectivity index (χ0) is 11.7. The molecular weight excluding hydrogens is 272 g/mol. The summed E-state index contributed by atoms with van der Waals surface area (Å²) in [4.78, 5) is 10.7. The van der Waals surface area contributed by atoms with Gasteiger partial charge in [0.2, 0.25) is 0 Å². The topological polar surface area (TPSA) is 25.8 Å². The van der Waals surface area contributed by atoms with Gasteiger partial charge in [-0.05, 0) is 35.7 Å². The Hall–Kier alpha value is -1.10. The summed E-state index contributed by atoms with van der Waals surface area (Å²) in [7, 11) is 0. The van der Waals surface area contributed by atoms with Crippen LogP contribution in [0.25, 0.3) is 10.2 Å². The van der Waals surface area contributed by atoms with Gasteiger partial charge >= 0.3 is 0 Å². The van der Waals surface area contributed by atoms with Crippen LogP contribution in [0.1, 0.15) is 0 Å². The van der Waals surface area contributed by atoms with E-state index < -0.39 is 0 Å². The first-order chi connectivity index (χ1) is 8.33. The first kappa shape index (κ1) is 11.0. The molecular formula is C12H7ClN2S2. The summed E-state index contributed by atoms with van der Waals surface area (Å²) in [6.45, 7) is 0. The molecule has 2 nitrogen and oxygen atoms in total. The number of benzene rings is 1. The summed E-state index contributed by atoms with van der Waals surface area (Å²) < 4.78 is 0. The molecule has 0 aliphatic rings. The van der Waals surface area contributed by atoms with Crippen molar-refractivity contribution in [1.29, 1.82) is 0 Å². The lowest BCUT2D eigenvalue weighted by Crippen LogP contribution is -1.82. The van der Waals surface area contributed by atoms with Crippen LogP contribution < -0.4 is 0 Å². The van der Waals surface area contributed by atoms with Crippen LogP contribution in [0.4, 0.5) is 0 Å². The molecule has 0 amide bonds. The molecule has 2 aromatic heterocycles. The SMILES string of the molecule is Clc1ccc(Sc2ncnc3sccc23)cc1. The predicted octanol–water partition coefficient (Wildman–Crippen LogP) is 4.50. The van der Waals surface area contributed by atoms with Gasteiger partial charge in [-0.15, -0.1) is 11.3 Å². The quantitative estimate of drug-likeness (QED) is 0.646. The summed E-state index contributed by atoms with van der Waals surface area (Å²) in [5.74, 6) is 0. The van der Waals surface area contributed by atoms with Crippen LogP contribution >= 0.6 is 34.7 Å². The van der Waals surface area contributed by atoms with Crippen LogP contribution in [-0.2, 0) is 0 Å². The van der Waals surface area contributed by atoms with E-state index in [1.54, 1.807) is 29.4 Å². The van der Waals surface area contributed by atoms with Crippen LogP contribution in [0.5, 0.6) is 0 Å². The van der Waals surface area contributed by atoms with Gasteiger partial charge in [-0.2, -0.15) is 0 Å². The molecule has 0 radical (unpaired) electrons. The molecule has 0 bridgehead atoms. The Bertz CT molecular complexity index is 649. The molecule has 0 saturated carbocycles. The zero-order valence-electron chi connectivity index (χ0n) is 8.63. The van der Waals surface area contributed by atoms with Crippen LogP contribution in [0.2, 0.25) is 5.02 Å². The predicted molar refractivity (Wildman–Crippen MR) is 73.0 cm³/mol. The van der Waals surface area contributed by atoms with Crippen LogP contribution in [0.3, 0.4) is 0 Å². The number of aromatic nitrogens is 2. The van der Waals surface area contributed by atoms with E-state index in [0.29, 0.717) is 0 Å². The minimum Gasteiger partial charge on any atom is -0.229 e. The maximum atomic E-state index is 5.86. The summed E-state index contributed by atoms with van der Waals surface area (Å²) in [6, 6.07) is 9.81. The normalized spacial score (nSPS) is 10.9. The summed E-state index contributed by atoms with van der Waals surface area (Å²) >= 11 is 9.12. The molecule has 0 saturated heterocycles. The number of halogens is 1. The standard InChI is InChI=1S/C12H7ClN2S2/c13-8-1-3-9(4-2-8)17-12-10-5-6-16-11(10)14-7-15-12/h1-7H. The Labute approximate surface area is 112 Å². The van der Waals surface area contributed by atoms with E-state index >= 15 is 0 Å². The highest BCUT2D eigenvalue weighted by atomic mass is 35.5. The van der Waals surface area contributed by atoms with Gasteiger partial charge < -0.3 is 0 Å². The van der Waals surface area contributed by atoms with Gasteiger partial charge in [-0.1, -0.05) is 23.4 Å². The first-order valence-electron chi connectivity index (χ1n) is 4.94. The second-order valence-corrected chi connectivity index (χ2v) is 5.77. The third-order valence-corrected chi connectivity index (χ3v) is 4.35. The van der Waals surface area contributed by atoms with E-state index in [4.69, 9.17) is 11.6 Å². The molecule has 0 aliphatic carbocycles. The lowest BCUT2D eigenvalue weighted by Gasteiger charge is -2.01. The third kappa shape index (κ3) is 2.29. The molecule has 84 valence electrons. The lowest BCUT2D eigenvalue weighted by atomic mass is 10.4. The van der Waals surface area contributed by atoms with Crippen molar-refractivity contribution in [3.05, 3.63) is 47.1 Å². The zero-order valence-corrected chi connectivity index (χ0v) is 11.0. The number of nitrogens with zero attached hydrogens (tertiary/aromatic N) is 2. The number of hydrogen-bond acceptors (Lipinski definition) is 4. The minimum absolute atomic E-state index is 0.748. The highest BCUT2D eigenvalue weighted by Gasteiger charge is 2.06. The second-order valence-electron chi connectivity index (χ2n) is 3.37. The van der Waals surface area contributed by atoms with E-state index in [-0.39, 0.29) is 0 Å². The van der Waals surface area contributed by atoms with Crippen molar-refractivity contribution < 1.29 is 0 Å². The number of hydrogen-bond donors (Lipinski definition) is 0. The molecule has 3 aromatic rings. The van der Waals surface area contributed by atoms with Crippen molar-refractivity contribution in [2.45, 2.75) is 9.92 Å². The molecule has 17 heavy (non-hydrogen) atoms. The van der Waals surface area contributed by atoms with Crippen molar-refractivity contribution in [2.24, 2.45) is 0 Å². The average Bonchev–Trinajstić information content (AvgIpc) is 2.81. The summed E-state index contributed by atoms with van der Waals surface area (Å²) in [6.07, 6.45) is 1.61. The minimum atomic E-state index is 0.748. The molecule has 5 heteroatoms. The Morgan fingerprint density at radius 2 is 1.88 bits per heavy atom. The fourth-order valence-corrected chi connectivity index (χ4v) is 3.26. The molecule has 3 rings (SSSR count). The highest BCUT2D eigenvalue weighted by Crippen LogP contribution is 2.33. The number of fused-ring (bicyclic) bond motifs is 1. The number of rotatable bonds is 2. The molecule has 2 heterocycles. The monoisotopic (exact) mass is 278 g/mol. The van der Waals surface area contributed by atoms with E-state index in [0.717, 1.165) is 25.2 Å². The molecule has 0 fully saturated rings. The van der Waals surface area contributed by atoms with Gasteiger partial charge in [-0.3, -0.25) is 0 Å². The highest BCUT2D eigenvalue weighted by molar-refractivity contribution is 7.99. The Morgan fingerprint density at radius 1 is 1.06 bits per heavy atom. The second kappa shape index (κ2) is 4.64. The lowest BCUT2D eigenvalue weighted by molar-refractivity contribution is 1.11. The van der Waals surface area contributed by atoms with Crippen LogP contribution in [0.15, 0.2) is 52.0 Å². The van der Waals surface area contributed by atoms with Crippen molar-refractivity contribution >= 4 is 44.9 Å². The van der Waals surface area contributed by atoms with E-state index in [2.05, 4.69) is 16.0 Å². The van der Waals surface area contributed by atoms with Crippen molar-refractivity contribution in [3.8, 4) is 0 Å². The molecule has 1 aromatic carbocycles. The van der Waals surface area contributed by atoms with Gasteiger partial charge in [0, 0.05) is 15.3 Å². The Morgan fingerprint density at radius 3 is 2.71 bits per heavy atom. The van der Waals surface area contributed by atoms with E-state index in [1.807, 2.05) is 29.6 Å². The average molecular weight is 279 g/mol. The maximum absolute atomic E-state index is 5.86. The molecule has 0 atom stereocenters. The fraction of sp³-hybridized carbons (Fsp3) is 0. The number of thiophene rings is 1. The van der Waals surface area contributed by atoms with E-state index in [1.165, 1.54) is 0 Å². The fourth-order valence-electron chi connectivity index (χ4n) is 1.46. The van der Waals surface area contributed by atoms with Gasteiger partial charge in [0.1, 0.15) is 16.2 Å². The third-order valence-electron chi connectivity index (χ3n) is 2.25. The van der Waals surface area contributed by atoms with Crippen LogP contribution in [-0.4, -0.2) is 9.97 Å². The van der Waals surface area contributed by atoms with Crippen LogP contribution in [0, 0.1) is 0 Å². The first-order valence-corrected chi connectivity index (χ1v) is 7.02. The maximum Gasteiger partial charge on any atom is 0.127 e. The van der Waals surface area contributed by atoms with Crippen molar-refractivity contribution in [1.82, 2.24) is 9.97 Å². The molecule has 0 N–H and O–H groups in total. The molecule has 0 spiro atoms. The van der Waals surface area contributed by atoms with E-state index in [9.17, 15) is 0 Å². The van der Waals surface area contributed by atoms with Crippen molar-refractivity contribution in [3.63, 3.8) is 0 Å². The van der Waals surface area contributed by atoms with Gasteiger partial charge in [0.15, 0.2) is 0 Å². The largest absolute Gasteiger partial charge is 0.229 e. The Balaban J connectivity index is 1.99. The summed E-state index contributed by atoms with van der Waals surface area (Å²) in [5, 5.41) is 4.87. The van der Waals surface area contributed by atoms with Gasteiger partial charge in [0.25, 0.3) is 0 Å². The van der Waals surface area contributed by atoms with Gasteiger partial charge in [-0.25, -0.2) is 9.97 Å². The Kier molecular flexibility index (Phi) is 3.01. The summed E-state index contributed by atoms with van der Waals surface area (Å²) in [5.41, 5.74) is 0. The smallest absolute Gasteiger partial charge is 0.127 e. The van der Waals surface area contributed by atoms with Crippen molar-refractivity contribution in [2.75, 3.05) is 0 Å². The molecule has 0 aliphatic heterocycles. The molecule has 0 unspecified atom stereocenters. The van der Waals surface area contributed by atoms with Gasteiger partial charge in [0.05, 0.1) is 0 Å².